The van der Waals surface area contributed by atoms with Gasteiger partial charge in [-0.2, -0.15) is 0 Å². The van der Waals surface area contributed by atoms with Gasteiger partial charge in [0.1, 0.15) is 34.4 Å². The van der Waals surface area contributed by atoms with E-state index in [1.807, 2.05) is 44.2 Å². The zero-order valence-electron chi connectivity index (χ0n) is 31.1. The van der Waals surface area contributed by atoms with Gasteiger partial charge in [0.15, 0.2) is 0 Å². The first kappa shape index (κ1) is 41.0. The number of aliphatic hydroxyl groups is 1. The van der Waals surface area contributed by atoms with Crippen LogP contribution in [0.5, 0.6) is 11.5 Å². The van der Waals surface area contributed by atoms with Gasteiger partial charge < -0.3 is 44.7 Å². The number of carboxylic acid groups (broad SMARTS) is 1. The summed E-state index contributed by atoms with van der Waals surface area (Å²) < 4.78 is 21.8. The molecule has 4 bridgehead atoms. The van der Waals surface area contributed by atoms with Gasteiger partial charge in [0, 0.05) is 45.0 Å². The molecule has 0 aromatic heterocycles. The number of likely N-dealkylation sites (N-methyl/N-ethyl adjacent to an activating group) is 1. The molecule has 288 valence electrons. The number of nitrogens with one attached hydrogen (secondary N) is 1. The van der Waals surface area contributed by atoms with Crippen molar-refractivity contribution in [2.45, 2.75) is 83.0 Å². The molecular weight excluding hydrogens is 708 g/mol. The van der Waals surface area contributed by atoms with Crippen molar-refractivity contribution in [1.82, 2.24) is 10.2 Å². The molecule has 3 aliphatic heterocycles. The fraction of sp³-hybridized carbons (Fsp3) is 0.474. The molecule has 6 atom stereocenters. The zero-order chi connectivity index (χ0) is 39.2. The highest BCUT2D eigenvalue weighted by molar-refractivity contribution is 6.35. The number of halogens is 1. The quantitative estimate of drug-likeness (QED) is 0.238. The second kappa shape index (κ2) is 17.4. The van der Waals surface area contributed by atoms with E-state index in [1.54, 1.807) is 31.2 Å². The van der Waals surface area contributed by atoms with Gasteiger partial charge in [-0.3, -0.25) is 14.9 Å². The number of epoxide rings is 1. The summed E-state index contributed by atoms with van der Waals surface area (Å²) in [7, 11) is 6.12. The Kier molecular flexibility index (Phi) is 13.4. The monoisotopic (exact) mass is 756 g/mol. The average Bonchev–Trinajstić information content (AvgIpc) is 3.90. The molecule has 2 aromatic carbocycles. The minimum Gasteiger partial charge on any atom is -0.496 e. The van der Waals surface area contributed by atoms with E-state index in [9.17, 15) is 24.3 Å². The van der Waals surface area contributed by atoms with Crippen LogP contribution in [0.3, 0.4) is 0 Å². The van der Waals surface area contributed by atoms with Crippen molar-refractivity contribution in [2.24, 2.45) is 5.92 Å². The number of hydrogen-bond donors (Lipinski definition) is 4. The highest BCUT2D eigenvalue weighted by atomic mass is 35.5. The van der Waals surface area contributed by atoms with Gasteiger partial charge in [0.2, 0.25) is 5.91 Å². The SMILES string of the molecule is COc1cc2cc(c1Cl)N(C)C(=O)CCC1OC1[C@H](C)C1C[C@](O)(C/C=C/C=C(\C)C2)NC(=O)O1.COc1ccc(N)cc1C(=O)N(C)[C@@H](C)C(=O)O. The Morgan fingerprint density at radius 2 is 1.85 bits per heavy atom. The fourth-order valence-electron chi connectivity index (χ4n) is 6.27. The number of ether oxygens (including phenoxy) is 4. The summed E-state index contributed by atoms with van der Waals surface area (Å²) >= 11 is 6.56. The van der Waals surface area contributed by atoms with Gasteiger partial charge in [-0.05, 0) is 62.6 Å². The van der Waals surface area contributed by atoms with E-state index >= 15 is 0 Å². The third kappa shape index (κ3) is 10.2. The van der Waals surface area contributed by atoms with E-state index in [0.717, 1.165) is 16.0 Å². The van der Waals surface area contributed by atoms with Crippen LogP contribution in [-0.4, -0.2) is 97.4 Å². The van der Waals surface area contributed by atoms with Crippen molar-refractivity contribution in [3.05, 3.63) is 70.3 Å². The minimum absolute atomic E-state index is 0.0798. The molecule has 0 radical (unpaired) electrons. The van der Waals surface area contributed by atoms with Crippen LogP contribution < -0.4 is 25.4 Å². The van der Waals surface area contributed by atoms with Crippen LogP contribution in [0, 0.1) is 5.92 Å². The number of hydrogen-bond acceptors (Lipinski definition) is 10. The molecule has 3 aliphatic rings. The molecule has 0 saturated carbocycles. The van der Waals surface area contributed by atoms with Crippen LogP contribution in [0.15, 0.2) is 54.1 Å². The summed E-state index contributed by atoms with van der Waals surface area (Å²) in [6.07, 6.45) is 6.25. The van der Waals surface area contributed by atoms with Crippen molar-refractivity contribution in [2.75, 3.05) is 38.9 Å². The Hall–Kier alpha value is -4.79. The number of alkyl carbamates (subject to hydrolysis) is 1. The Morgan fingerprint density at radius 3 is 2.51 bits per heavy atom. The molecule has 15 heteroatoms. The van der Waals surface area contributed by atoms with E-state index < -0.39 is 35.8 Å². The molecule has 2 saturated heterocycles. The predicted molar refractivity (Wildman–Crippen MR) is 199 cm³/mol. The smallest absolute Gasteiger partial charge is 0.409 e. The summed E-state index contributed by atoms with van der Waals surface area (Å²) in [5.41, 5.74) is 7.50. The maximum atomic E-state index is 13.0. The first-order chi connectivity index (χ1) is 25.0. The number of benzene rings is 2. The van der Waals surface area contributed by atoms with Crippen molar-refractivity contribution in [1.29, 1.82) is 0 Å². The van der Waals surface area contributed by atoms with Gasteiger partial charge in [-0.15, -0.1) is 0 Å². The molecule has 5 N–H and O–H groups in total. The number of carboxylic acids is 1. The lowest BCUT2D eigenvalue weighted by Crippen LogP contribution is -2.57. The second-order valence-corrected chi connectivity index (χ2v) is 14.0. The van der Waals surface area contributed by atoms with Crippen LogP contribution in [0.2, 0.25) is 5.02 Å². The lowest BCUT2D eigenvalue weighted by atomic mass is 9.89. The van der Waals surface area contributed by atoms with E-state index in [2.05, 4.69) is 5.32 Å². The van der Waals surface area contributed by atoms with Crippen molar-refractivity contribution >= 4 is 46.9 Å². The van der Waals surface area contributed by atoms with Gasteiger partial charge in [-0.25, -0.2) is 9.59 Å². The van der Waals surface area contributed by atoms with Crippen molar-refractivity contribution in [3.63, 3.8) is 0 Å². The normalized spacial score (nSPS) is 26.5. The molecule has 53 heavy (non-hydrogen) atoms. The largest absolute Gasteiger partial charge is 0.496 e. The summed E-state index contributed by atoms with van der Waals surface area (Å²) in [4.78, 5) is 50.9. The summed E-state index contributed by atoms with van der Waals surface area (Å²) in [5.74, 6) is -0.850. The Bertz CT molecular complexity index is 1770. The Morgan fingerprint density at radius 1 is 1.15 bits per heavy atom. The van der Waals surface area contributed by atoms with Gasteiger partial charge in [0.05, 0.1) is 37.7 Å². The van der Waals surface area contributed by atoms with E-state index in [-0.39, 0.29) is 48.9 Å². The molecule has 14 nitrogen and oxygen atoms in total. The fourth-order valence-corrected chi connectivity index (χ4v) is 6.59. The molecule has 0 aliphatic carbocycles. The number of aliphatic carboxylic acids is 1. The molecular formula is C38H49ClN4O10. The van der Waals surface area contributed by atoms with Gasteiger partial charge >= 0.3 is 12.1 Å². The zero-order valence-corrected chi connectivity index (χ0v) is 31.8. The van der Waals surface area contributed by atoms with Crippen LogP contribution in [0.1, 0.15) is 62.4 Å². The van der Waals surface area contributed by atoms with E-state index in [4.69, 9.17) is 41.4 Å². The number of anilines is 2. The topological polar surface area (TPSA) is 193 Å². The Balaban J connectivity index is 0.000000294. The molecule has 5 rings (SSSR count). The van der Waals surface area contributed by atoms with Crippen LogP contribution in [-0.2, 0) is 25.5 Å². The van der Waals surface area contributed by atoms with Crippen molar-refractivity contribution < 1.29 is 48.3 Å². The van der Waals surface area contributed by atoms with Crippen LogP contribution >= 0.6 is 11.6 Å². The molecule has 0 spiro atoms. The molecule has 2 aromatic rings. The Labute approximate surface area is 314 Å². The highest BCUT2D eigenvalue weighted by Gasteiger charge is 2.50. The number of rotatable bonds is 5. The minimum atomic E-state index is -1.39. The maximum absolute atomic E-state index is 13.0. The van der Waals surface area contributed by atoms with Gasteiger partial charge in [0.25, 0.3) is 5.91 Å². The molecule has 2 fully saturated rings. The first-order valence-electron chi connectivity index (χ1n) is 17.2. The molecule has 3 amide bonds. The van der Waals surface area contributed by atoms with Crippen LogP contribution in [0.4, 0.5) is 16.2 Å². The summed E-state index contributed by atoms with van der Waals surface area (Å²) in [6, 6.07) is 7.50. The number of methoxy groups -OCH3 is 2. The van der Waals surface area contributed by atoms with Crippen LogP contribution in [0.25, 0.3) is 0 Å². The number of nitrogens with two attached hydrogens (primary N) is 1. The number of fused-ring (bicyclic) bond motifs is 5. The highest BCUT2D eigenvalue weighted by Crippen LogP contribution is 2.40. The number of amides is 3. The number of carbonyl (C=O) groups is 4. The average molecular weight is 757 g/mol. The summed E-state index contributed by atoms with van der Waals surface area (Å²) in [5, 5.41) is 22.8. The maximum Gasteiger partial charge on any atom is 0.409 e. The molecule has 3 unspecified atom stereocenters. The second-order valence-electron chi connectivity index (χ2n) is 13.6. The molecule has 3 heterocycles. The summed E-state index contributed by atoms with van der Waals surface area (Å²) in [6.45, 7) is 5.38. The van der Waals surface area contributed by atoms with Gasteiger partial charge in [-0.1, -0.05) is 42.3 Å². The lowest BCUT2D eigenvalue weighted by molar-refractivity contribution is -0.141. The predicted octanol–water partition coefficient (Wildman–Crippen LogP) is 4.95. The third-order valence-corrected chi connectivity index (χ3v) is 10.1. The third-order valence-electron chi connectivity index (χ3n) is 9.70. The number of nitrogens with zero attached hydrogens (tertiary/aromatic N) is 2. The number of allylic oxidation sites excluding steroid dienone is 3. The lowest BCUT2D eigenvalue weighted by Gasteiger charge is -2.38. The van der Waals surface area contributed by atoms with E-state index in [1.165, 1.54) is 27.1 Å². The van der Waals surface area contributed by atoms with E-state index in [0.29, 0.717) is 40.7 Å². The van der Waals surface area contributed by atoms with Crippen molar-refractivity contribution in [3.8, 4) is 11.5 Å². The standard InChI is InChI=1S/C26H33ClN2O6.C12H16N2O4/c1-15-7-5-6-10-26(32)14-21(35-25(31)28-26)16(2)24-19(34-24)8-9-22(30)29(3)18-12-17(11-15)13-20(33-4)23(18)27;1-7(12(16)17)14(2)11(15)9-6-8(13)4-5-10(9)18-3/h5-7,12-13,16,19,21,24,32H,8-11,14H2,1-4H3,(H,28,31);4-7H,13H2,1-3H3,(H,16,17)/b6-5+,15-7+;/t16-,19?,21?,24?,26-;7-/m10/s1. The number of carbonyl (C=O) groups excluding carboxylic acids is 3. The number of nitrogen functional groups attached to an aromatic ring is 1. The first-order valence-corrected chi connectivity index (χ1v) is 17.6.